The van der Waals surface area contributed by atoms with Crippen LogP contribution in [0.2, 0.25) is 0 Å². The molecule has 5 fully saturated rings. The van der Waals surface area contributed by atoms with Gasteiger partial charge in [0.25, 0.3) is 0 Å². The molecule has 0 amide bonds. The highest BCUT2D eigenvalue weighted by atomic mass is 19.1. The van der Waals surface area contributed by atoms with Gasteiger partial charge in [-0.1, -0.05) is 19.9 Å². The number of esters is 1. The zero-order valence-corrected chi connectivity index (χ0v) is 23.0. The number of halogens is 3. The minimum atomic E-state index is -2.37. The van der Waals surface area contributed by atoms with Crippen molar-refractivity contribution >= 4 is 17.9 Å². The average Bonchev–Trinajstić information content (AvgIpc) is 3.56. The highest BCUT2D eigenvalue weighted by Gasteiger charge is 2.79. The lowest BCUT2D eigenvalue weighted by Gasteiger charge is -2.62. The van der Waals surface area contributed by atoms with Gasteiger partial charge in [0.15, 0.2) is 11.5 Å². The van der Waals surface area contributed by atoms with Crippen molar-refractivity contribution in [3.8, 4) is 0 Å². The van der Waals surface area contributed by atoms with Gasteiger partial charge in [0.05, 0.1) is 6.10 Å². The molecule has 6 aliphatic rings. The number of hydrogen-bond donors (Lipinski definition) is 1. The molecule has 12 atom stereocenters. The highest BCUT2D eigenvalue weighted by molar-refractivity contribution is 6.01. The third kappa shape index (κ3) is 3.43. The molecule has 0 aromatic heterocycles. The van der Waals surface area contributed by atoms with Crippen LogP contribution in [0.4, 0.5) is 18.0 Å². The van der Waals surface area contributed by atoms with E-state index in [1.54, 1.807) is 13.8 Å². The van der Waals surface area contributed by atoms with Gasteiger partial charge in [-0.3, -0.25) is 4.79 Å². The van der Waals surface area contributed by atoms with Gasteiger partial charge < -0.3 is 19.3 Å². The van der Waals surface area contributed by atoms with Gasteiger partial charge in [-0.05, 0) is 87.3 Å². The van der Waals surface area contributed by atoms with Crippen molar-refractivity contribution in [2.24, 2.45) is 40.4 Å². The molecule has 2 bridgehead atoms. The van der Waals surface area contributed by atoms with E-state index in [1.165, 1.54) is 19.1 Å². The summed E-state index contributed by atoms with van der Waals surface area (Å²) in [6.45, 7) is 3.27. The second-order valence-electron chi connectivity index (χ2n) is 13.5. The Hall–Kier alpha value is -2.36. The number of aliphatic hydroxyl groups is 1. The lowest BCUT2D eigenvalue weighted by atomic mass is 9.44. The highest BCUT2D eigenvalue weighted by Crippen LogP contribution is 2.71. The van der Waals surface area contributed by atoms with Gasteiger partial charge in [-0.25, -0.2) is 22.8 Å². The first-order valence-electron chi connectivity index (χ1n) is 14.4. The summed E-state index contributed by atoms with van der Waals surface area (Å²) in [7, 11) is 0. The number of allylic oxidation sites excluding steroid dienone is 4. The summed E-state index contributed by atoms with van der Waals surface area (Å²) in [6, 6.07) is 0. The summed E-state index contributed by atoms with van der Waals surface area (Å²) in [6.07, 6.45) is 2.04. The molecule has 6 rings (SSSR count). The lowest BCUT2D eigenvalue weighted by molar-refractivity contribution is -0.235. The first-order chi connectivity index (χ1) is 18.8. The SMILES string of the molecule is C[C@@H]1C[C@H]2[C@@H]3C[C@H](F)C4=CC(=O)C=C[C@]4(C)[C@@]3(F)[C@@H](O)C[C@]2(C)[C@@]1(OC(=O)O[C@@H]1C[C@H]2CC[C@@H]1C2)C(=O)OCF. The summed E-state index contributed by atoms with van der Waals surface area (Å²) in [5.41, 5.74) is -7.48. The van der Waals surface area contributed by atoms with Crippen molar-refractivity contribution in [3.05, 3.63) is 23.8 Å². The molecule has 40 heavy (non-hydrogen) atoms. The summed E-state index contributed by atoms with van der Waals surface area (Å²) in [4.78, 5) is 38.9. The number of carbonyl (C=O) groups is 3. The topological polar surface area (TPSA) is 99.1 Å². The number of ketones is 1. The van der Waals surface area contributed by atoms with Crippen LogP contribution >= 0.6 is 0 Å². The van der Waals surface area contributed by atoms with Crippen LogP contribution in [0.15, 0.2) is 23.8 Å². The largest absolute Gasteiger partial charge is 0.509 e. The Bertz CT molecular complexity index is 1190. The molecule has 0 aromatic carbocycles. The van der Waals surface area contributed by atoms with Crippen molar-refractivity contribution in [3.63, 3.8) is 0 Å². The first kappa shape index (κ1) is 27.8. The van der Waals surface area contributed by atoms with Crippen molar-refractivity contribution in [2.75, 3.05) is 6.86 Å². The molecular formula is C30H37F3O7. The third-order valence-corrected chi connectivity index (χ3v) is 11.8. The number of hydrogen-bond acceptors (Lipinski definition) is 7. The maximum absolute atomic E-state index is 17.5. The van der Waals surface area contributed by atoms with E-state index in [-0.39, 0.29) is 36.9 Å². The lowest BCUT2D eigenvalue weighted by Crippen LogP contribution is -2.71. The normalized spacial score (nSPS) is 50.5. The van der Waals surface area contributed by atoms with Crippen molar-refractivity contribution in [2.45, 2.75) is 95.4 Å². The van der Waals surface area contributed by atoms with E-state index >= 15 is 8.78 Å². The second kappa shape index (κ2) is 9.07. The number of fused-ring (bicyclic) bond motifs is 7. The Morgan fingerprint density at radius 3 is 2.52 bits per heavy atom. The van der Waals surface area contributed by atoms with E-state index in [2.05, 4.69) is 0 Å². The number of ether oxygens (including phenoxy) is 3. The fourth-order valence-electron chi connectivity index (χ4n) is 9.98. The van der Waals surface area contributed by atoms with Crippen LogP contribution in [0, 0.1) is 40.4 Å². The maximum Gasteiger partial charge on any atom is 0.509 e. The molecule has 5 saturated carbocycles. The van der Waals surface area contributed by atoms with E-state index in [4.69, 9.17) is 14.2 Å². The number of rotatable bonds is 4. The Morgan fingerprint density at radius 1 is 1.12 bits per heavy atom. The van der Waals surface area contributed by atoms with E-state index < -0.39 is 76.9 Å². The van der Waals surface area contributed by atoms with Crippen LogP contribution in [0.1, 0.15) is 65.7 Å². The number of aliphatic hydroxyl groups excluding tert-OH is 1. The van der Waals surface area contributed by atoms with Crippen LogP contribution in [-0.2, 0) is 23.8 Å². The molecule has 0 unspecified atom stereocenters. The molecule has 7 nitrogen and oxygen atoms in total. The quantitative estimate of drug-likeness (QED) is 0.473. The van der Waals surface area contributed by atoms with E-state index in [9.17, 15) is 23.9 Å². The van der Waals surface area contributed by atoms with E-state index in [1.807, 2.05) is 0 Å². The van der Waals surface area contributed by atoms with Crippen LogP contribution < -0.4 is 0 Å². The van der Waals surface area contributed by atoms with Crippen LogP contribution in [0.25, 0.3) is 0 Å². The summed E-state index contributed by atoms with van der Waals surface area (Å²) < 4.78 is 63.0. The molecule has 0 radical (unpaired) electrons. The fourth-order valence-corrected chi connectivity index (χ4v) is 9.98. The molecule has 6 aliphatic carbocycles. The molecule has 0 spiro atoms. The van der Waals surface area contributed by atoms with Crippen molar-refractivity contribution < 1.29 is 46.9 Å². The van der Waals surface area contributed by atoms with Crippen LogP contribution in [-0.4, -0.2) is 59.5 Å². The predicted molar refractivity (Wildman–Crippen MR) is 135 cm³/mol. The smallest absolute Gasteiger partial charge is 0.431 e. The minimum absolute atomic E-state index is 0.0127. The molecule has 0 saturated heterocycles. The third-order valence-electron chi connectivity index (χ3n) is 11.8. The standard InChI is InChI=1S/C30H37F3O7/c1-15-8-19-20-12-22(32)21-11-18(34)6-7-27(21,2)29(20,33)24(35)13-28(19,3)30(15,25(36)38-14-31)40-26(37)39-23-10-16-4-5-17(23)9-16/h6-7,11,15-17,19-20,22-24,35H,4-5,8-10,12-14H2,1-3H3/t15-,16+,17-,19+,20+,22+,23-,24+,27+,28+,29+,30+/m1/s1. The maximum atomic E-state index is 17.5. The monoisotopic (exact) mass is 566 g/mol. The molecule has 0 heterocycles. The van der Waals surface area contributed by atoms with E-state index in [0.717, 1.165) is 25.3 Å². The molecular weight excluding hydrogens is 529 g/mol. The van der Waals surface area contributed by atoms with Gasteiger partial charge in [0.1, 0.15) is 12.3 Å². The van der Waals surface area contributed by atoms with Crippen molar-refractivity contribution in [1.82, 2.24) is 0 Å². The Balaban J connectivity index is 1.38. The van der Waals surface area contributed by atoms with E-state index in [0.29, 0.717) is 12.3 Å². The van der Waals surface area contributed by atoms with Gasteiger partial charge in [0, 0.05) is 22.7 Å². The molecule has 1 N–H and O–H groups in total. The summed E-state index contributed by atoms with van der Waals surface area (Å²) in [5, 5.41) is 11.6. The first-order valence-corrected chi connectivity index (χ1v) is 14.4. The summed E-state index contributed by atoms with van der Waals surface area (Å²) >= 11 is 0. The second-order valence-corrected chi connectivity index (χ2v) is 13.5. The molecule has 0 aliphatic heterocycles. The zero-order chi connectivity index (χ0) is 28.8. The zero-order valence-electron chi connectivity index (χ0n) is 23.0. The molecule has 0 aromatic rings. The Kier molecular flexibility index (Phi) is 6.30. The minimum Gasteiger partial charge on any atom is -0.431 e. The van der Waals surface area contributed by atoms with Gasteiger partial charge in [-0.2, -0.15) is 0 Å². The van der Waals surface area contributed by atoms with Gasteiger partial charge in [-0.15, -0.1) is 0 Å². The molecule has 220 valence electrons. The van der Waals surface area contributed by atoms with Crippen LogP contribution in [0.3, 0.4) is 0 Å². The predicted octanol–water partition coefficient (Wildman–Crippen LogP) is 5.10. The average molecular weight is 567 g/mol. The van der Waals surface area contributed by atoms with Crippen LogP contribution in [0.5, 0.6) is 0 Å². The molecule has 10 heteroatoms. The number of carbonyl (C=O) groups excluding carboxylic acids is 3. The Morgan fingerprint density at radius 2 is 1.88 bits per heavy atom. The van der Waals surface area contributed by atoms with Gasteiger partial charge in [0.2, 0.25) is 12.5 Å². The Labute approximate surface area is 231 Å². The fraction of sp³-hybridized carbons (Fsp3) is 0.767. The van der Waals surface area contributed by atoms with Crippen molar-refractivity contribution in [1.29, 1.82) is 0 Å². The van der Waals surface area contributed by atoms with Gasteiger partial charge >= 0.3 is 12.1 Å². The summed E-state index contributed by atoms with van der Waals surface area (Å²) in [5.74, 6) is -3.46. The number of alkyl halides is 3.